The number of benzene rings is 2. The fraction of sp³-hybridized carbons (Fsp3) is 0.429. The Labute approximate surface area is 230 Å². The molecule has 1 amide bonds. The van der Waals surface area contributed by atoms with E-state index in [1.165, 1.54) is 19.1 Å². The molecule has 2 saturated heterocycles. The lowest BCUT2D eigenvalue weighted by Crippen LogP contribution is -2.42. The summed E-state index contributed by atoms with van der Waals surface area (Å²) in [6, 6.07) is 5.55. The molecule has 2 fully saturated rings. The van der Waals surface area contributed by atoms with Crippen LogP contribution in [0.3, 0.4) is 0 Å². The van der Waals surface area contributed by atoms with Gasteiger partial charge < -0.3 is 43.2 Å². The fourth-order valence-corrected chi connectivity index (χ4v) is 5.45. The minimum atomic E-state index is -0.993. The van der Waals surface area contributed by atoms with Crippen molar-refractivity contribution in [2.24, 2.45) is 0 Å². The van der Waals surface area contributed by atoms with Crippen molar-refractivity contribution in [3.05, 3.63) is 41.0 Å². The second kappa shape index (κ2) is 10.8. The molecule has 0 saturated carbocycles. The highest BCUT2D eigenvalue weighted by Gasteiger charge is 2.48. The number of aliphatic hydroxyl groups excluding tert-OH is 1. The van der Waals surface area contributed by atoms with E-state index < -0.39 is 17.7 Å². The van der Waals surface area contributed by atoms with Gasteiger partial charge in [-0.3, -0.25) is 14.5 Å². The highest BCUT2D eigenvalue weighted by molar-refractivity contribution is 6.46. The van der Waals surface area contributed by atoms with E-state index in [0.29, 0.717) is 85.9 Å². The number of amides is 1. The van der Waals surface area contributed by atoms with E-state index in [1.807, 2.05) is 0 Å². The highest BCUT2D eigenvalue weighted by Crippen LogP contribution is 2.54. The Morgan fingerprint density at radius 1 is 0.925 bits per heavy atom. The molecular weight excluding hydrogens is 524 g/mol. The first-order valence-corrected chi connectivity index (χ1v) is 13.0. The lowest BCUT2D eigenvalue weighted by Gasteiger charge is -2.31. The Balaban J connectivity index is 1.49. The first kappa shape index (κ1) is 26.1. The predicted molar refractivity (Wildman–Crippen MR) is 139 cm³/mol. The van der Waals surface area contributed by atoms with Crippen molar-refractivity contribution in [1.29, 1.82) is 0 Å². The summed E-state index contributed by atoms with van der Waals surface area (Å²) < 4.78 is 39.3. The maximum atomic E-state index is 13.6. The topological polar surface area (TPSA) is 125 Å². The number of Topliss-reactive ketones (excluding diaryl/α,β-unsaturated/α-hetero) is 1. The molecule has 4 aliphatic heterocycles. The zero-order valence-corrected chi connectivity index (χ0v) is 22.3. The lowest BCUT2D eigenvalue weighted by atomic mass is 9.93. The number of likely N-dealkylation sites (tertiary alicyclic amines) is 1. The van der Waals surface area contributed by atoms with Crippen LogP contribution in [0.4, 0.5) is 0 Å². The van der Waals surface area contributed by atoms with Gasteiger partial charge >= 0.3 is 0 Å². The number of hydrogen-bond donors (Lipinski definition) is 1. The molecule has 1 unspecified atom stereocenters. The molecule has 40 heavy (non-hydrogen) atoms. The van der Waals surface area contributed by atoms with Gasteiger partial charge in [-0.15, -0.1) is 0 Å². The van der Waals surface area contributed by atoms with E-state index in [9.17, 15) is 14.7 Å². The number of aliphatic hydroxyl groups is 1. The molecule has 2 aromatic rings. The van der Waals surface area contributed by atoms with Crippen molar-refractivity contribution in [1.82, 2.24) is 9.80 Å². The van der Waals surface area contributed by atoms with Gasteiger partial charge in [-0.2, -0.15) is 0 Å². The Bertz CT molecular complexity index is 1370. The summed E-state index contributed by atoms with van der Waals surface area (Å²) in [5, 5.41) is 11.6. The van der Waals surface area contributed by atoms with Gasteiger partial charge in [-0.1, -0.05) is 0 Å². The summed E-state index contributed by atoms with van der Waals surface area (Å²) in [4.78, 5) is 30.8. The summed E-state index contributed by atoms with van der Waals surface area (Å²) in [6.07, 6.45) is 0. The smallest absolute Gasteiger partial charge is 0.295 e. The Hall–Kier alpha value is -4.16. The minimum Gasteiger partial charge on any atom is -0.507 e. The van der Waals surface area contributed by atoms with Crippen LogP contribution in [0.15, 0.2) is 29.8 Å². The summed E-state index contributed by atoms with van der Waals surface area (Å²) in [5.74, 6) is 0.395. The van der Waals surface area contributed by atoms with Crippen LogP contribution in [-0.4, -0.2) is 100 Å². The number of carbonyl (C=O) groups is 2. The largest absolute Gasteiger partial charge is 0.507 e. The number of fused-ring (bicyclic) bond motifs is 2. The van der Waals surface area contributed by atoms with Crippen molar-refractivity contribution in [3.8, 4) is 34.5 Å². The monoisotopic (exact) mass is 554 g/mol. The molecule has 12 nitrogen and oxygen atoms in total. The summed E-state index contributed by atoms with van der Waals surface area (Å²) >= 11 is 0. The number of methoxy groups -OCH3 is 2. The van der Waals surface area contributed by atoms with Crippen molar-refractivity contribution in [2.75, 3.05) is 73.6 Å². The van der Waals surface area contributed by atoms with Crippen LogP contribution in [0.5, 0.6) is 34.5 Å². The average Bonchev–Trinajstić information content (AvgIpc) is 3.58. The van der Waals surface area contributed by atoms with E-state index in [4.69, 9.17) is 33.2 Å². The van der Waals surface area contributed by atoms with Gasteiger partial charge in [0.2, 0.25) is 18.3 Å². The van der Waals surface area contributed by atoms with E-state index in [-0.39, 0.29) is 30.4 Å². The molecule has 1 atom stereocenters. The zero-order chi connectivity index (χ0) is 27.8. The minimum absolute atomic E-state index is 0.0417. The Morgan fingerprint density at radius 3 is 2.42 bits per heavy atom. The maximum Gasteiger partial charge on any atom is 0.295 e. The summed E-state index contributed by atoms with van der Waals surface area (Å²) in [5.41, 5.74) is 0.652. The molecule has 0 bridgehead atoms. The van der Waals surface area contributed by atoms with Crippen LogP contribution in [0.25, 0.3) is 5.76 Å². The lowest BCUT2D eigenvalue weighted by molar-refractivity contribution is -0.140. The van der Waals surface area contributed by atoms with Crippen molar-refractivity contribution in [3.63, 3.8) is 0 Å². The van der Waals surface area contributed by atoms with E-state index in [0.717, 1.165) is 0 Å². The van der Waals surface area contributed by atoms with Gasteiger partial charge in [0.05, 0.1) is 39.0 Å². The first-order valence-electron chi connectivity index (χ1n) is 13.0. The van der Waals surface area contributed by atoms with Crippen molar-refractivity contribution >= 4 is 17.4 Å². The van der Waals surface area contributed by atoms with E-state index >= 15 is 0 Å². The number of nitrogens with zero attached hydrogens (tertiary/aromatic N) is 2. The molecule has 0 spiro atoms. The van der Waals surface area contributed by atoms with Gasteiger partial charge in [-0.05, 0) is 24.3 Å². The Kier molecular flexibility index (Phi) is 7.03. The number of hydrogen-bond acceptors (Lipinski definition) is 11. The van der Waals surface area contributed by atoms with Crippen molar-refractivity contribution in [2.45, 2.75) is 6.04 Å². The normalized spacial score (nSPS) is 21.6. The van der Waals surface area contributed by atoms with Crippen molar-refractivity contribution < 1.29 is 47.9 Å². The molecule has 6 rings (SSSR count). The van der Waals surface area contributed by atoms with Gasteiger partial charge in [-0.25, -0.2) is 0 Å². The molecule has 0 aromatic heterocycles. The summed E-state index contributed by atoms with van der Waals surface area (Å²) in [7, 11) is 2.95. The van der Waals surface area contributed by atoms with Crippen LogP contribution in [-0.2, 0) is 14.3 Å². The number of ketones is 1. The number of ether oxygens (including phenoxy) is 7. The van der Waals surface area contributed by atoms with Crippen LogP contribution >= 0.6 is 0 Å². The zero-order valence-electron chi connectivity index (χ0n) is 22.3. The third kappa shape index (κ3) is 4.42. The first-order chi connectivity index (χ1) is 19.5. The molecule has 212 valence electrons. The molecule has 2 aromatic carbocycles. The van der Waals surface area contributed by atoms with E-state index in [1.54, 1.807) is 24.3 Å². The molecule has 0 aliphatic carbocycles. The van der Waals surface area contributed by atoms with Gasteiger partial charge in [0.25, 0.3) is 11.7 Å². The standard InChI is InChI=1S/C28H30N2O10/c1-34-20-14-17(25(35-2)27-26(20)39-15-40-27)22-21(23(31)16-3-4-18-19(13-16)38-12-11-37-18)24(32)28(33)30(22)6-5-29-7-9-36-10-8-29/h3-4,13-14,22,31H,5-12,15H2,1-2H3/b23-21+. The van der Waals surface area contributed by atoms with Gasteiger partial charge in [0.15, 0.2) is 23.0 Å². The number of carbonyl (C=O) groups excluding carboxylic acids is 2. The van der Waals surface area contributed by atoms with Gasteiger partial charge in [0.1, 0.15) is 19.0 Å². The van der Waals surface area contributed by atoms with Crippen LogP contribution in [0.1, 0.15) is 17.2 Å². The molecule has 0 radical (unpaired) electrons. The molecule has 12 heteroatoms. The quantitative estimate of drug-likeness (QED) is 0.307. The molecular formula is C28H30N2O10. The Morgan fingerprint density at radius 2 is 1.68 bits per heavy atom. The van der Waals surface area contributed by atoms with Gasteiger partial charge in [0, 0.05) is 37.3 Å². The molecule has 1 N–H and O–H groups in total. The second-order valence-corrected chi connectivity index (χ2v) is 9.57. The third-order valence-corrected chi connectivity index (χ3v) is 7.43. The number of morpholine rings is 1. The predicted octanol–water partition coefficient (Wildman–Crippen LogP) is 1.96. The van der Waals surface area contributed by atoms with E-state index in [2.05, 4.69) is 4.90 Å². The highest BCUT2D eigenvalue weighted by atomic mass is 16.7. The molecule has 4 heterocycles. The maximum absolute atomic E-state index is 13.6. The van der Waals surface area contributed by atoms with Crippen LogP contribution in [0, 0.1) is 0 Å². The van der Waals surface area contributed by atoms with Crippen LogP contribution < -0.4 is 28.4 Å². The SMILES string of the molecule is COc1cc(C2/C(=C(\O)c3ccc4c(c3)OCCO4)C(=O)C(=O)N2CCN2CCOCC2)c(OC)c2c1OCO2. The second-order valence-electron chi connectivity index (χ2n) is 9.57. The third-order valence-electron chi connectivity index (χ3n) is 7.43. The molecule has 4 aliphatic rings. The summed E-state index contributed by atoms with van der Waals surface area (Å²) in [6.45, 7) is 4.10. The van der Waals surface area contributed by atoms with Crippen LogP contribution in [0.2, 0.25) is 0 Å². The average molecular weight is 555 g/mol. The number of rotatable bonds is 7. The fourth-order valence-electron chi connectivity index (χ4n) is 5.45.